The average Bonchev–Trinajstić information content (AvgIpc) is 3.00. The first kappa shape index (κ1) is 21.3. The molecule has 0 radical (unpaired) electrons. The Bertz CT molecular complexity index is 1170. The molecule has 1 atom stereocenters. The minimum Gasteiger partial charge on any atom is -0.490 e. The number of halogens is 1. The molecular weight excluding hydrogens is 417 g/mol. The van der Waals surface area contributed by atoms with Crippen molar-refractivity contribution in [1.29, 1.82) is 0 Å². The molecule has 0 aliphatic carbocycles. The van der Waals surface area contributed by atoms with Gasteiger partial charge in [0.2, 0.25) is 10.0 Å². The Morgan fingerprint density at radius 2 is 1.71 bits per heavy atom. The van der Waals surface area contributed by atoms with Crippen molar-refractivity contribution in [2.24, 2.45) is 0 Å². The first-order valence-electron chi connectivity index (χ1n) is 10.1. The lowest BCUT2D eigenvalue weighted by Gasteiger charge is -2.21. The Morgan fingerprint density at radius 1 is 0.968 bits per heavy atom. The molecule has 0 saturated carbocycles. The zero-order valence-corrected chi connectivity index (χ0v) is 18.0. The molecule has 0 saturated heterocycles. The van der Waals surface area contributed by atoms with Gasteiger partial charge in [-0.3, -0.25) is 0 Å². The fourth-order valence-electron chi connectivity index (χ4n) is 3.54. The van der Waals surface area contributed by atoms with Gasteiger partial charge in [0.05, 0.1) is 19.3 Å². The van der Waals surface area contributed by atoms with Crippen molar-refractivity contribution in [2.45, 2.75) is 30.7 Å². The minimum absolute atomic E-state index is 0.361. The Hall–Kier alpha value is -2.90. The Kier molecular flexibility index (Phi) is 6.25. The van der Waals surface area contributed by atoms with Gasteiger partial charge < -0.3 is 9.47 Å². The average molecular weight is 442 g/mol. The van der Waals surface area contributed by atoms with E-state index in [0.29, 0.717) is 42.3 Å². The van der Waals surface area contributed by atoms with Crippen molar-refractivity contribution in [3.05, 3.63) is 89.2 Å². The fourth-order valence-corrected chi connectivity index (χ4v) is 4.93. The molecule has 0 spiro atoms. The second-order valence-corrected chi connectivity index (χ2v) is 9.24. The minimum atomic E-state index is -4.11. The second kappa shape index (κ2) is 9.08. The third-order valence-corrected chi connectivity index (χ3v) is 6.62. The van der Waals surface area contributed by atoms with Gasteiger partial charge in [0.1, 0.15) is 10.7 Å². The van der Waals surface area contributed by atoms with Gasteiger partial charge in [0.25, 0.3) is 0 Å². The van der Waals surface area contributed by atoms with Crippen LogP contribution in [0.4, 0.5) is 4.39 Å². The van der Waals surface area contributed by atoms with E-state index in [2.05, 4.69) is 4.72 Å². The topological polar surface area (TPSA) is 64.6 Å². The van der Waals surface area contributed by atoms with Crippen LogP contribution in [0.25, 0.3) is 0 Å². The molecule has 1 heterocycles. The van der Waals surface area contributed by atoms with Gasteiger partial charge in [-0.15, -0.1) is 0 Å². The van der Waals surface area contributed by atoms with E-state index >= 15 is 0 Å². The first-order valence-corrected chi connectivity index (χ1v) is 11.6. The van der Waals surface area contributed by atoms with Gasteiger partial charge >= 0.3 is 0 Å². The van der Waals surface area contributed by atoms with Crippen LogP contribution < -0.4 is 14.2 Å². The van der Waals surface area contributed by atoms with E-state index in [0.717, 1.165) is 12.0 Å². The van der Waals surface area contributed by atoms with Crippen LogP contribution >= 0.6 is 0 Å². The number of hydrogen-bond donors (Lipinski definition) is 1. The van der Waals surface area contributed by atoms with Gasteiger partial charge in [-0.1, -0.05) is 42.5 Å². The van der Waals surface area contributed by atoms with Crippen LogP contribution in [0.3, 0.4) is 0 Å². The normalized spacial score (nSPS) is 14.6. The van der Waals surface area contributed by atoms with Crippen LogP contribution in [0.5, 0.6) is 11.5 Å². The van der Waals surface area contributed by atoms with Crippen molar-refractivity contribution in [2.75, 3.05) is 13.2 Å². The molecule has 3 aromatic carbocycles. The maximum atomic E-state index is 14.4. The lowest BCUT2D eigenvalue weighted by Crippen LogP contribution is -2.30. The third-order valence-electron chi connectivity index (χ3n) is 5.13. The maximum absolute atomic E-state index is 14.4. The maximum Gasteiger partial charge on any atom is 0.244 e. The second-order valence-electron chi connectivity index (χ2n) is 7.55. The summed E-state index contributed by atoms with van der Waals surface area (Å²) in [5.74, 6) is 0.427. The summed E-state index contributed by atoms with van der Waals surface area (Å²) < 4.78 is 54.8. The van der Waals surface area contributed by atoms with Gasteiger partial charge in [-0.2, -0.15) is 0 Å². The van der Waals surface area contributed by atoms with Crippen LogP contribution in [0.1, 0.15) is 29.2 Å². The largest absolute Gasteiger partial charge is 0.490 e. The highest BCUT2D eigenvalue weighted by atomic mass is 32.2. The number of sulfonamides is 1. The number of aryl methyl sites for hydroxylation is 1. The van der Waals surface area contributed by atoms with Gasteiger partial charge in [0.15, 0.2) is 11.5 Å². The van der Waals surface area contributed by atoms with E-state index in [1.165, 1.54) is 12.1 Å². The Labute approximate surface area is 181 Å². The first-order chi connectivity index (χ1) is 14.9. The molecule has 31 heavy (non-hydrogen) atoms. The number of hydrogen-bond acceptors (Lipinski definition) is 4. The number of fused-ring (bicyclic) bond motifs is 1. The number of rotatable bonds is 6. The molecule has 3 aromatic rings. The predicted molar refractivity (Wildman–Crippen MR) is 116 cm³/mol. The number of nitrogens with one attached hydrogen (secondary N) is 1. The highest BCUT2D eigenvalue weighted by Gasteiger charge is 2.26. The molecule has 0 bridgehead atoms. The molecule has 4 rings (SSSR count). The summed E-state index contributed by atoms with van der Waals surface area (Å²) in [6, 6.07) is 18.4. The molecule has 0 amide bonds. The van der Waals surface area contributed by atoms with Crippen LogP contribution in [0.15, 0.2) is 71.6 Å². The van der Waals surface area contributed by atoms with Crippen molar-refractivity contribution < 1.29 is 22.3 Å². The van der Waals surface area contributed by atoms with E-state index in [-0.39, 0.29) is 4.90 Å². The van der Waals surface area contributed by atoms with Gasteiger partial charge in [-0.25, -0.2) is 17.5 Å². The summed E-state index contributed by atoms with van der Waals surface area (Å²) in [5, 5.41) is 0. The molecule has 0 aromatic heterocycles. The molecule has 1 aliphatic rings. The van der Waals surface area contributed by atoms with Gasteiger partial charge in [-0.05, 0) is 54.3 Å². The van der Waals surface area contributed by atoms with Crippen molar-refractivity contribution in [3.63, 3.8) is 0 Å². The summed E-state index contributed by atoms with van der Waals surface area (Å²) in [5.41, 5.74) is 2.33. The lowest BCUT2D eigenvalue weighted by atomic mass is 9.99. The van der Waals surface area contributed by atoms with Crippen molar-refractivity contribution in [1.82, 2.24) is 4.72 Å². The fraction of sp³-hybridized carbons (Fsp3) is 0.250. The van der Waals surface area contributed by atoms with E-state index in [1.54, 1.807) is 25.1 Å². The van der Waals surface area contributed by atoms with Crippen molar-refractivity contribution >= 4 is 10.0 Å². The number of ether oxygens (including phenoxy) is 2. The molecule has 1 unspecified atom stereocenters. The highest BCUT2D eigenvalue weighted by Crippen LogP contribution is 2.34. The molecular formula is C24H24FNO4S. The molecule has 7 heteroatoms. The zero-order valence-electron chi connectivity index (χ0n) is 17.2. The summed E-state index contributed by atoms with van der Waals surface area (Å²) in [7, 11) is -4.11. The quantitative estimate of drug-likeness (QED) is 0.609. The summed E-state index contributed by atoms with van der Waals surface area (Å²) in [6.45, 7) is 2.82. The standard InChI is InChI=1S/C24H24FNO4S/c1-17-8-10-20(25)24(14-17)31(27,28)26-21(15-18-6-3-2-4-7-18)19-9-11-22-23(16-19)30-13-5-12-29-22/h2-4,6-11,14,16,21,26H,5,12-13,15H2,1H3. The number of benzene rings is 3. The molecule has 1 N–H and O–H groups in total. The van der Waals surface area contributed by atoms with Crippen LogP contribution in [-0.4, -0.2) is 21.6 Å². The van der Waals surface area contributed by atoms with Crippen LogP contribution in [-0.2, 0) is 16.4 Å². The molecule has 162 valence electrons. The SMILES string of the molecule is Cc1ccc(F)c(S(=O)(=O)NC(Cc2ccccc2)c2ccc3c(c2)OCCCO3)c1. The van der Waals surface area contributed by atoms with E-state index in [1.807, 2.05) is 36.4 Å². The van der Waals surface area contributed by atoms with Crippen LogP contribution in [0.2, 0.25) is 0 Å². The summed E-state index contributed by atoms with van der Waals surface area (Å²) in [4.78, 5) is -0.361. The predicted octanol–water partition coefficient (Wildman–Crippen LogP) is 4.56. The zero-order chi connectivity index (χ0) is 21.8. The molecule has 1 aliphatic heterocycles. The van der Waals surface area contributed by atoms with Gasteiger partial charge in [0, 0.05) is 6.42 Å². The molecule has 5 nitrogen and oxygen atoms in total. The van der Waals surface area contributed by atoms with E-state index < -0.39 is 21.9 Å². The van der Waals surface area contributed by atoms with E-state index in [9.17, 15) is 12.8 Å². The third kappa shape index (κ3) is 5.06. The molecule has 0 fully saturated rings. The Morgan fingerprint density at radius 3 is 2.48 bits per heavy atom. The lowest BCUT2D eigenvalue weighted by molar-refractivity contribution is 0.297. The summed E-state index contributed by atoms with van der Waals surface area (Å²) >= 11 is 0. The highest BCUT2D eigenvalue weighted by molar-refractivity contribution is 7.89. The smallest absolute Gasteiger partial charge is 0.244 e. The van der Waals surface area contributed by atoms with Crippen LogP contribution in [0, 0.1) is 12.7 Å². The monoisotopic (exact) mass is 441 g/mol. The van der Waals surface area contributed by atoms with Crippen molar-refractivity contribution in [3.8, 4) is 11.5 Å². The van der Waals surface area contributed by atoms with E-state index in [4.69, 9.17) is 9.47 Å². The Balaban J connectivity index is 1.71. The summed E-state index contributed by atoms with van der Waals surface area (Å²) in [6.07, 6.45) is 1.17.